The van der Waals surface area contributed by atoms with Crippen molar-refractivity contribution in [2.45, 2.75) is 63.3 Å². The normalized spacial score (nSPS) is 14.8. The number of sulfonamides is 1. The summed E-state index contributed by atoms with van der Waals surface area (Å²) in [5.41, 5.74) is -0.420. The molecule has 0 bridgehead atoms. The molecule has 4 rings (SSSR count). The maximum absolute atomic E-state index is 14.2. The standard InChI is InChI=1S/C32H33Cl3F3N3O4S/c1-46(44,45)41(24-13-15-26(33)25(18-24)32(36,37)38)20-30(42)40(19-22-12-14-27(34)28(35)16-22)29(17-21-8-4-2-5-9-21)31(43)39-23-10-6-3-7-11-23/h2,4-5,8-9,12-16,18,23,29H,3,6-7,10-11,17,19-20H2,1H3,(H,39,43)/t29-/m0/s1. The molecule has 0 radical (unpaired) electrons. The van der Waals surface area contributed by atoms with Gasteiger partial charge in [0.05, 0.1) is 32.6 Å². The lowest BCUT2D eigenvalue weighted by molar-refractivity contribution is -0.140. The third-order valence-electron chi connectivity index (χ3n) is 7.78. The van der Waals surface area contributed by atoms with Crippen LogP contribution < -0.4 is 9.62 Å². The molecule has 14 heteroatoms. The van der Waals surface area contributed by atoms with Gasteiger partial charge >= 0.3 is 6.18 Å². The van der Waals surface area contributed by atoms with Crippen molar-refractivity contribution < 1.29 is 31.2 Å². The average molecular weight is 719 g/mol. The first-order valence-corrected chi connectivity index (χ1v) is 17.5. The number of carbonyl (C=O) groups excluding carboxylic acids is 2. The maximum atomic E-state index is 14.2. The molecule has 248 valence electrons. The molecule has 0 aromatic heterocycles. The van der Waals surface area contributed by atoms with Crippen LogP contribution in [0.3, 0.4) is 0 Å². The quantitative estimate of drug-likeness (QED) is 0.222. The Bertz CT molecular complexity index is 1650. The zero-order chi connectivity index (χ0) is 33.6. The average Bonchev–Trinajstić information content (AvgIpc) is 2.99. The van der Waals surface area contributed by atoms with Crippen molar-refractivity contribution in [1.29, 1.82) is 0 Å². The van der Waals surface area contributed by atoms with Crippen LogP contribution in [-0.4, -0.2) is 50.0 Å². The summed E-state index contributed by atoms with van der Waals surface area (Å²) in [4.78, 5) is 29.5. The first kappa shape index (κ1) is 35.9. The first-order chi connectivity index (χ1) is 21.6. The summed E-state index contributed by atoms with van der Waals surface area (Å²) in [6.45, 7) is -1.06. The number of rotatable bonds is 11. The van der Waals surface area contributed by atoms with Gasteiger partial charge in [0, 0.05) is 19.0 Å². The molecule has 0 heterocycles. The van der Waals surface area contributed by atoms with Gasteiger partial charge in [0.2, 0.25) is 21.8 Å². The fraction of sp³-hybridized carbons (Fsp3) is 0.375. The van der Waals surface area contributed by atoms with Crippen LogP contribution in [0.4, 0.5) is 18.9 Å². The van der Waals surface area contributed by atoms with Gasteiger partial charge in [-0.15, -0.1) is 0 Å². The van der Waals surface area contributed by atoms with E-state index in [0.29, 0.717) is 15.9 Å². The van der Waals surface area contributed by atoms with Crippen molar-refractivity contribution in [2.24, 2.45) is 0 Å². The SMILES string of the molecule is CS(=O)(=O)N(CC(=O)N(Cc1ccc(Cl)c(Cl)c1)[C@@H](Cc1ccccc1)C(=O)NC1CCCCC1)c1ccc(Cl)c(C(F)(F)F)c1. The van der Waals surface area contributed by atoms with Crippen LogP contribution in [0.2, 0.25) is 15.1 Å². The predicted octanol–water partition coefficient (Wildman–Crippen LogP) is 7.52. The molecule has 0 unspecified atom stereocenters. The zero-order valence-corrected chi connectivity index (χ0v) is 28.0. The minimum atomic E-state index is -4.88. The number of anilines is 1. The first-order valence-electron chi connectivity index (χ1n) is 14.6. The van der Waals surface area contributed by atoms with Gasteiger partial charge < -0.3 is 10.2 Å². The third-order valence-corrected chi connectivity index (χ3v) is 9.99. The predicted molar refractivity (Wildman–Crippen MR) is 175 cm³/mol. The van der Waals surface area contributed by atoms with Crippen molar-refractivity contribution in [3.63, 3.8) is 0 Å². The van der Waals surface area contributed by atoms with Crippen LogP contribution in [0, 0.1) is 0 Å². The van der Waals surface area contributed by atoms with E-state index in [4.69, 9.17) is 34.8 Å². The van der Waals surface area contributed by atoms with E-state index in [2.05, 4.69) is 5.32 Å². The number of carbonyl (C=O) groups is 2. The largest absolute Gasteiger partial charge is 0.417 e. The van der Waals surface area contributed by atoms with E-state index in [1.54, 1.807) is 30.3 Å². The number of amides is 2. The Balaban J connectivity index is 1.77. The number of benzene rings is 3. The minimum absolute atomic E-state index is 0.0878. The molecule has 46 heavy (non-hydrogen) atoms. The summed E-state index contributed by atoms with van der Waals surface area (Å²) in [5.74, 6) is -1.25. The molecule has 1 atom stereocenters. The Kier molecular flexibility index (Phi) is 11.9. The van der Waals surface area contributed by atoms with E-state index >= 15 is 0 Å². The van der Waals surface area contributed by atoms with Crippen molar-refractivity contribution >= 4 is 62.3 Å². The van der Waals surface area contributed by atoms with Crippen molar-refractivity contribution in [3.8, 4) is 0 Å². The number of alkyl halides is 3. The zero-order valence-electron chi connectivity index (χ0n) is 24.9. The smallest absolute Gasteiger partial charge is 0.352 e. The topological polar surface area (TPSA) is 86.8 Å². The summed E-state index contributed by atoms with van der Waals surface area (Å²) >= 11 is 18.1. The summed E-state index contributed by atoms with van der Waals surface area (Å²) in [6, 6.07) is 15.1. The summed E-state index contributed by atoms with van der Waals surface area (Å²) in [5, 5.41) is 2.92. The van der Waals surface area contributed by atoms with Crippen LogP contribution in [0.25, 0.3) is 0 Å². The highest BCUT2D eigenvalue weighted by Crippen LogP contribution is 2.37. The Labute approximate surface area is 281 Å². The fourth-order valence-electron chi connectivity index (χ4n) is 5.43. The summed E-state index contributed by atoms with van der Waals surface area (Å²) < 4.78 is 67.6. The van der Waals surface area contributed by atoms with Gasteiger partial charge in [-0.25, -0.2) is 8.42 Å². The van der Waals surface area contributed by atoms with Gasteiger partial charge in [-0.2, -0.15) is 13.2 Å². The van der Waals surface area contributed by atoms with E-state index in [1.807, 2.05) is 6.07 Å². The molecule has 0 saturated heterocycles. The Morgan fingerprint density at radius 2 is 1.54 bits per heavy atom. The molecule has 0 aliphatic heterocycles. The van der Waals surface area contributed by atoms with Gasteiger partial charge in [0.15, 0.2) is 0 Å². The highest BCUT2D eigenvalue weighted by molar-refractivity contribution is 7.92. The van der Waals surface area contributed by atoms with Gasteiger partial charge in [0.25, 0.3) is 0 Å². The number of halogens is 6. The Morgan fingerprint density at radius 1 is 0.891 bits per heavy atom. The molecule has 1 aliphatic rings. The molecule has 7 nitrogen and oxygen atoms in total. The van der Waals surface area contributed by atoms with E-state index in [1.165, 1.54) is 17.0 Å². The molecule has 1 fully saturated rings. The van der Waals surface area contributed by atoms with Crippen molar-refractivity contribution in [3.05, 3.63) is 98.5 Å². The summed E-state index contributed by atoms with van der Waals surface area (Å²) in [7, 11) is -4.30. The molecule has 1 saturated carbocycles. The highest BCUT2D eigenvalue weighted by Gasteiger charge is 2.37. The maximum Gasteiger partial charge on any atom is 0.417 e. The molecular formula is C32H33Cl3F3N3O4S. The second-order valence-corrected chi connectivity index (χ2v) is 14.4. The van der Waals surface area contributed by atoms with Gasteiger partial charge in [-0.3, -0.25) is 13.9 Å². The van der Waals surface area contributed by atoms with Crippen LogP contribution in [0.5, 0.6) is 0 Å². The molecule has 1 N–H and O–H groups in total. The lowest BCUT2D eigenvalue weighted by atomic mass is 9.94. The van der Waals surface area contributed by atoms with Crippen molar-refractivity contribution in [1.82, 2.24) is 10.2 Å². The Hall–Kier alpha value is -2.99. The second-order valence-electron chi connectivity index (χ2n) is 11.3. The van der Waals surface area contributed by atoms with Crippen LogP contribution in [0.15, 0.2) is 66.7 Å². The fourth-order valence-corrected chi connectivity index (χ4v) is 6.82. The minimum Gasteiger partial charge on any atom is -0.352 e. The number of nitrogens with one attached hydrogen (secondary N) is 1. The van der Waals surface area contributed by atoms with E-state index in [0.717, 1.165) is 56.1 Å². The Morgan fingerprint density at radius 3 is 2.15 bits per heavy atom. The van der Waals surface area contributed by atoms with Gasteiger partial charge in [-0.05, 0) is 54.3 Å². The van der Waals surface area contributed by atoms with Crippen LogP contribution >= 0.6 is 34.8 Å². The molecule has 0 spiro atoms. The number of hydrogen-bond donors (Lipinski definition) is 1. The van der Waals surface area contributed by atoms with E-state index in [9.17, 15) is 31.2 Å². The van der Waals surface area contributed by atoms with Gasteiger partial charge in [-0.1, -0.05) is 90.5 Å². The molecule has 2 amide bonds. The lowest BCUT2D eigenvalue weighted by Gasteiger charge is -2.35. The van der Waals surface area contributed by atoms with Crippen LogP contribution in [0.1, 0.15) is 48.8 Å². The molecule has 1 aliphatic carbocycles. The third kappa shape index (κ3) is 9.53. The van der Waals surface area contributed by atoms with E-state index in [-0.39, 0.29) is 29.1 Å². The lowest BCUT2D eigenvalue weighted by Crippen LogP contribution is -2.55. The summed E-state index contributed by atoms with van der Waals surface area (Å²) in [6.07, 6.45) is 0.513. The molecule has 3 aromatic carbocycles. The highest BCUT2D eigenvalue weighted by atomic mass is 35.5. The van der Waals surface area contributed by atoms with E-state index < -0.39 is 56.9 Å². The second kappa shape index (κ2) is 15.3. The monoisotopic (exact) mass is 717 g/mol. The number of hydrogen-bond acceptors (Lipinski definition) is 4. The van der Waals surface area contributed by atoms with Gasteiger partial charge in [0.1, 0.15) is 12.6 Å². The number of nitrogens with zero attached hydrogens (tertiary/aromatic N) is 2. The van der Waals surface area contributed by atoms with Crippen LogP contribution in [-0.2, 0) is 38.8 Å². The molecule has 3 aromatic rings. The molecular weight excluding hydrogens is 686 g/mol. The van der Waals surface area contributed by atoms with Crippen molar-refractivity contribution in [2.75, 3.05) is 17.1 Å².